The Morgan fingerprint density at radius 1 is 0.960 bits per heavy atom. The molecule has 124 valence electrons. The Bertz CT molecular complexity index is 1000. The van der Waals surface area contributed by atoms with Gasteiger partial charge in [0.2, 0.25) is 0 Å². The molecule has 3 nitrogen and oxygen atoms in total. The van der Waals surface area contributed by atoms with E-state index in [1.807, 2.05) is 42.5 Å². The third-order valence-electron chi connectivity index (χ3n) is 4.15. The summed E-state index contributed by atoms with van der Waals surface area (Å²) in [6.07, 6.45) is 0.971. The van der Waals surface area contributed by atoms with Crippen LogP contribution in [0.4, 0.5) is 0 Å². The van der Waals surface area contributed by atoms with Crippen molar-refractivity contribution in [3.63, 3.8) is 0 Å². The quantitative estimate of drug-likeness (QED) is 0.470. The molecule has 0 atom stereocenters. The van der Waals surface area contributed by atoms with E-state index in [2.05, 4.69) is 29.2 Å². The molecule has 0 spiro atoms. The number of carbonyl (C=O) groups is 1. The molecule has 0 saturated heterocycles. The van der Waals surface area contributed by atoms with Crippen molar-refractivity contribution in [2.24, 2.45) is 0 Å². The van der Waals surface area contributed by atoms with Crippen LogP contribution >= 0.6 is 11.3 Å². The van der Waals surface area contributed by atoms with E-state index < -0.39 is 0 Å². The number of aryl methyl sites for hydroxylation is 1. The standard InChI is InChI=1S/C21H17NO2S/c23-21(13-12-20-22-18-10-3-4-11-19(18)25-20)24-14-16-8-5-7-15-6-1-2-9-17(15)16/h1-11H,12-14H2. The number of hydrogen-bond donors (Lipinski definition) is 0. The zero-order valence-corrected chi connectivity index (χ0v) is 14.5. The molecule has 1 aromatic heterocycles. The van der Waals surface area contributed by atoms with Gasteiger partial charge in [0.25, 0.3) is 0 Å². The molecule has 0 aliphatic heterocycles. The zero-order chi connectivity index (χ0) is 17.1. The molecule has 1 heterocycles. The van der Waals surface area contributed by atoms with Gasteiger partial charge < -0.3 is 4.74 Å². The number of para-hydroxylation sites is 1. The molecule has 0 radical (unpaired) electrons. The number of benzene rings is 3. The lowest BCUT2D eigenvalue weighted by Gasteiger charge is -2.07. The molecule has 4 heteroatoms. The summed E-state index contributed by atoms with van der Waals surface area (Å²) in [5.41, 5.74) is 2.03. The highest BCUT2D eigenvalue weighted by Gasteiger charge is 2.09. The van der Waals surface area contributed by atoms with Gasteiger partial charge in [-0.1, -0.05) is 54.6 Å². The van der Waals surface area contributed by atoms with Crippen molar-refractivity contribution in [1.29, 1.82) is 0 Å². The summed E-state index contributed by atoms with van der Waals surface area (Å²) in [6.45, 7) is 0.306. The van der Waals surface area contributed by atoms with Gasteiger partial charge in [0.1, 0.15) is 6.61 Å². The lowest BCUT2D eigenvalue weighted by atomic mass is 10.1. The summed E-state index contributed by atoms with van der Waals surface area (Å²) in [5.74, 6) is -0.188. The van der Waals surface area contributed by atoms with Gasteiger partial charge >= 0.3 is 5.97 Å². The number of nitrogens with zero attached hydrogens (tertiary/aromatic N) is 1. The number of thiazole rings is 1. The summed E-state index contributed by atoms with van der Waals surface area (Å²) in [7, 11) is 0. The SMILES string of the molecule is O=C(CCc1nc2ccccc2s1)OCc1cccc2ccccc12. The first-order valence-electron chi connectivity index (χ1n) is 8.26. The van der Waals surface area contributed by atoms with Crippen molar-refractivity contribution >= 4 is 38.3 Å². The second-order valence-electron chi connectivity index (χ2n) is 5.87. The first-order valence-corrected chi connectivity index (χ1v) is 9.08. The normalized spacial score (nSPS) is 11.0. The van der Waals surface area contributed by atoms with Crippen LogP contribution in [-0.2, 0) is 22.6 Å². The molecule has 0 amide bonds. The third kappa shape index (κ3) is 3.54. The van der Waals surface area contributed by atoms with E-state index in [1.54, 1.807) is 11.3 Å². The lowest BCUT2D eigenvalue weighted by molar-refractivity contribution is -0.144. The van der Waals surface area contributed by atoms with Gasteiger partial charge in [0.15, 0.2) is 0 Å². The van der Waals surface area contributed by atoms with Crippen LogP contribution in [0.15, 0.2) is 66.7 Å². The highest BCUT2D eigenvalue weighted by atomic mass is 32.1. The molecule has 0 unspecified atom stereocenters. The number of fused-ring (bicyclic) bond motifs is 2. The van der Waals surface area contributed by atoms with Crippen LogP contribution in [0.25, 0.3) is 21.0 Å². The second kappa shape index (κ2) is 7.03. The summed E-state index contributed by atoms with van der Waals surface area (Å²) in [5, 5.41) is 3.26. The Kier molecular flexibility index (Phi) is 4.44. The monoisotopic (exact) mass is 347 g/mol. The molecule has 0 N–H and O–H groups in total. The van der Waals surface area contributed by atoms with E-state index in [4.69, 9.17) is 4.74 Å². The van der Waals surface area contributed by atoms with E-state index in [0.717, 1.165) is 31.6 Å². The molecule has 0 aliphatic carbocycles. The summed E-state index contributed by atoms with van der Waals surface area (Å²) >= 11 is 1.64. The van der Waals surface area contributed by atoms with Crippen LogP contribution in [0.1, 0.15) is 17.0 Å². The number of ether oxygens (including phenoxy) is 1. The van der Waals surface area contributed by atoms with E-state index in [9.17, 15) is 4.79 Å². The van der Waals surface area contributed by atoms with Crippen LogP contribution in [0.3, 0.4) is 0 Å². The first-order chi connectivity index (χ1) is 12.3. The highest BCUT2D eigenvalue weighted by molar-refractivity contribution is 7.18. The predicted octanol–water partition coefficient (Wildman–Crippen LogP) is 5.13. The van der Waals surface area contributed by atoms with Crippen LogP contribution in [0.5, 0.6) is 0 Å². The van der Waals surface area contributed by atoms with Crippen molar-refractivity contribution < 1.29 is 9.53 Å². The minimum atomic E-state index is -0.188. The number of hydrogen-bond acceptors (Lipinski definition) is 4. The highest BCUT2D eigenvalue weighted by Crippen LogP contribution is 2.23. The average molecular weight is 347 g/mol. The molecule has 4 rings (SSSR count). The zero-order valence-electron chi connectivity index (χ0n) is 13.6. The number of rotatable bonds is 5. The van der Waals surface area contributed by atoms with E-state index in [1.165, 1.54) is 0 Å². The third-order valence-corrected chi connectivity index (χ3v) is 5.25. The Morgan fingerprint density at radius 2 is 1.76 bits per heavy atom. The molecule has 0 bridgehead atoms. The predicted molar refractivity (Wildman–Crippen MR) is 102 cm³/mol. The molecule has 3 aromatic carbocycles. The van der Waals surface area contributed by atoms with Gasteiger partial charge in [0.05, 0.1) is 21.6 Å². The number of carbonyl (C=O) groups excluding carboxylic acids is 1. The molecule has 25 heavy (non-hydrogen) atoms. The van der Waals surface area contributed by atoms with Crippen molar-refractivity contribution in [2.45, 2.75) is 19.4 Å². The number of esters is 1. The molecule has 0 aliphatic rings. The molecule has 4 aromatic rings. The minimum Gasteiger partial charge on any atom is -0.461 e. The minimum absolute atomic E-state index is 0.188. The van der Waals surface area contributed by atoms with Gasteiger partial charge in [-0.25, -0.2) is 4.98 Å². The fraction of sp³-hybridized carbons (Fsp3) is 0.143. The summed E-state index contributed by atoms with van der Waals surface area (Å²) in [6, 6.07) is 22.2. The van der Waals surface area contributed by atoms with E-state index in [0.29, 0.717) is 19.4 Å². The van der Waals surface area contributed by atoms with Crippen LogP contribution < -0.4 is 0 Å². The Labute approximate surface area is 149 Å². The second-order valence-corrected chi connectivity index (χ2v) is 6.99. The Hall–Kier alpha value is -2.72. The van der Waals surface area contributed by atoms with Gasteiger partial charge in [-0.05, 0) is 28.5 Å². The van der Waals surface area contributed by atoms with Crippen molar-refractivity contribution in [1.82, 2.24) is 4.98 Å². The maximum Gasteiger partial charge on any atom is 0.306 e. The van der Waals surface area contributed by atoms with Crippen molar-refractivity contribution in [3.05, 3.63) is 77.3 Å². The van der Waals surface area contributed by atoms with Crippen LogP contribution in [0.2, 0.25) is 0 Å². The fourth-order valence-electron chi connectivity index (χ4n) is 2.88. The largest absolute Gasteiger partial charge is 0.461 e. The van der Waals surface area contributed by atoms with Crippen molar-refractivity contribution in [2.75, 3.05) is 0 Å². The first kappa shape index (κ1) is 15.8. The molecule has 0 saturated carbocycles. The maximum absolute atomic E-state index is 12.1. The lowest BCUT2D eigenvalue weighted by Crippen LogP contribution is -2.06. The van der Waals surface area contributed by atoms with Crippen LogP contribution in [-0.4, -0.2) is 11.0 Å². The average Bonchev–Trinajstić information content (AvgIpc) is 3.07. The Balaban J connectivity index is 1.37. The van der Waals surface area contributed by atoms with Gasteiger partial charge in [-0.2, -0.15) is 0 Å². The smallest absolute Gasteiger partial charge is 0.306 e. The number of aromatic nitrogens is 1. The molecular weight excluding hydrogens is 330 g/mol. The topological polar surface area (TPSA) is 39.2 Å². The summed E-state index contributed by atoms with van der Waals surface area (Å²) in [4.78, 5) is 16.7. The fourth-order valence-corrected chi connectivity index (χ4v) is 3.85. The van der Waals surface area contributed by atoms with Crippen molar-refractivity contribution in [3.8, 4) is 0 Å². The molecular formula is C21H17NO2S. The Morgan fingerprint density at radius 3 is 2.68 bits per heavy atom. The molecule has 0 fully saturated rings. The van der Waals surface area contributed by atoms with E-state index >= 15 is 0 Å². The van der Waals surface area contributed by atoms with Gasteiger partial charge in [-0.15, -0.1) is 11.3 Å². The van der Waals surface area contributed by atoms with E-state index in [-0.39, 0.29) is 5.97 Å². The van der Waals surface area contributed by atoms with Crippen LogP contribution in [0, 0.1) is 0 Å². The summed E-state index contributed by atoms with van der Waals surface area (Å²) < 4.78 is 6.62. The van der Waals surface area contributed by atoms with Gasteiger partial charge in [0, 0.05) is 6.42 Å². The maximum atomic E-state index is 12.1. The van der Waals surface area contributed by atoms with Gasteiger partial charge in [-0.3, -0.25) is 4.79 Å².